The Kier molecular flexibility index (Phi) is 4.72. The molecule has 8 nitrogen and oxygen atoms in total. The van der Waals surface area contributed by atoms with Gasteiger partial charge in [0.05, 0.1) is 5.69 Å². The number of likely N-dealkylation sites (tertiary alicyclic amines) is 1. The molecular weight excluding hydrogens is 412 g/mol. The highest BCUT2D eigenvalue weighted by atomic mass is 32.2. The Balaban J connectivity index is 1.69. The van der Waals surface area contributed by atoms with E-state index in [-0.39, 0.29) is 11.1 Å². The largest absolute Gasteiger partial charge is 0.375 e. The zero-order valence-corrected chi connectivity index (χ0v) is 17.4. The van der Waals surface area contributed by atoms with Gasteiger partial charge in [-0.15, -0.1) is 11.3 Å². The van der Waals surface area contributed by atoms with Gasteiger partial charge < -0.3 is 10.0 Å². The molecule has 150 valence electrons. The average molecular weight is 431 g/mol. The number of nitrogens with zero attached hydrogens (tertiary/aromatic N) is 4. The third-order valence-corrected chi connectivity index (χ3v) is 6.58. The van der Waals surface area contributed by atoms with Gasteiger partial charge in [0.1, 0.15) is 10.7 Å². The SMILES string of the molecule is CN1CCC(O)(c2cccc(-c3nc(-c4ccnc(S(C)(=O)=O)n4)cs3)c2)C1=O. The quantitative estimate of drug-likeness (QED) is 0.627. The van der Waals surface area contributed by atoms with Crippen LogP contribution in [0.1, 0.15) is 12.0 Å². The van der Waals surface area contributed by atoms with Crippen LogP contribution in [-0.4, -0.2) is 59.1 Å². The molecule has 29 heavy (non-hydrogen) atoms. The molecule has 2 aromatic heterocycles. The predicted octanol–water partition coefficient (Wildman–Crippen LogP) is 1.72. The number of hydrogen-bond donors (Lipinski definition) is 1. The van der Waals surface area contributed by atoms with Crippen molar-refractivity contribution < 1.29 is 18.3 Å². The number of amides is 1. The van der Waals surface area contributed by atoms with Crippen LogP contribution < -0.4 is 0 Å². The Hall–Kier alpha value is -2.69. The van der Waals surface area contributed by atoms with Crippen molar-refractivity contribution in [1.82, 2.24) is 19.9 Å². The Morgan fingerprint density at radius 1 is 1.21 bits per heavy atom. The van der Waals surface area contributed by atoms with Crippen LogP contribution in [0.3, 0.4) is 0 Å². The molecule has 3 heterocycles. The Labute approximate surface area is 171 Å². The standard InChI is InChI=1S/C19H18N4O4S2/c1-23-9-7-19(25,17(23)24)13-5-3-4-12(10-13)16-21-15(11-28-16)14-6-8-20-18(22-14)29(2,26)27/h3-6,8,10-11,25H,7,9H2,1-2H3. The van der Waals surface area contributed by atoms with Crippen molar-refractivity contribution in [3.05, 3.63) is 47.5 Å². The first-order chi connectivity index (χ1) is 13.7. The van der Waals surface area contributed by atoms with Gasteiger partial charge in [-0.05, 0) is 17.7 Å². The van der Waals surface area contributed by atoms with Crippen LogP contribution in [0.25, 0.3) is 22.0 Å². The zero-order chi connectivity index (χ0) is 20.8. The highest BCUT2D eigenvalue weighted by Crippen LogP contribution is 2.35. The molecule has 1 saturated heterocycles. The summed E-state index contributed by atoms with van der Waals surface area (Å²) in [6, 6.07) is 8.72. The molecule has 1 amide bonds. The number of sulfone groups is 1. The first kappa shape index (κ1) is 19.6. The van der Waals surface area contributed by atoms with Gasteiger partial charge in [0.15, 0.2) is 5.60 Å². The van der Waals surface area contributed by atoms with Gasteiger partial charge >= 0.3 is 0 Å². The van der Waals surface area contributed by atoms with Gasteiger partial charge in [0.2, 0.25) is 15.0 Å². The van der Waals surface area contributed by atoms with E-state index in [1.54, 1.807) is 36.7 Å². The summed E-state index contributed by atoms with van der Waals surface area (Å²) in [5.74, 6) is -0.316. The Morgan fingerprint density at radius 3 is 2.69 bits per heavy atom. The lowest BCUT2D eigenvalue weighted by Gasteiger charge is -2.21. The number of likely N-dealkylation sites (N-methyl/N-ethyl adjacent to an activating group) is 1. The number of benzene rings is 1. The van der Waals surface area contributed by atoms with E-state index in [1.165, 1.54) is 22.4 Å². The highest BCUT2D eigenvalue weighted by molar-refractivity contribution is 7.90. The highest BCUT2D eigenvalue weighted by Gasteiger charge is 2.45. The number of hydrogen-bond acceptors (Lipinski definition) is 8. The lowest BCUT2D eigenvalue weighted by atomic mass is 9.91. The van der Waals surface area contributed by atoms with Crippen molar-refractivity contribution in [2.24, 2.45) is 0 Å². The monoisotopic (exact) mass is 430 g/mol. The second-order valence-electron chi connectivity index (χ2n) is 6.95. The maximum Gasteiger partial charge on any atom is 0.258 e. The van der Waals surface area contributed by atoms with Gasteiger partial charge in [0, 0.05) is 43.4 Å². The smallest absolute Gasteiger partial charge is 0.258 e. The third kappa shape index (κ3) is 3.54. The minimum Gasteiger partial charge on any atom is -0.375 e. The summed E-state index contributed by atoms with van der Waals surface area (Å²) in [4.78, 5) is 26.3. The molecular formula is C19H18N4O4S2. The Morgan fingerprint density at radius 2 is 2.00 bits per heavy atom. The molecule has 0 spiro atoms. The lowest BCUT2D eigenvalue weighted by molar-refractivity contribution is -0.143. The van der Waals surface area contributed by atoms with Gasteiger partial charge in [-0.1, -0.05) is 18.2 Å². The molecule has 1 N–H and O–H groups in total. The summed E-state index contributed by atoms with van der Waals surface area (Å²) in [5.41, 5.74) is 0.694. The molecule has 1 unspecified atom stereocenters. The van der Waals surface area contributed by atoms with Crippen LogP contribution >= 0.6 is 11.3 Å². The van der Waals surface area contributed by atoms with Crippen molar-refractivity contribution >= 4 is 27.1 Å². The van der Waals surface area contributed by atoms with Gasteiger partial charge in [0.25, 0.3) is 5.91 Å². The predicted molar refractivity (Wildman–Crippen MR) is 108 cm³/mol. The number of aromatic nitrogens is 3. The van der Waals surface area contributed by atoms with Gasteiger partial charge in [-0.25, -0.2) is 23.4 Å². The summed E-state index contributed by atoms with van der Waals surface area (Å²) in [7, 11) is -1.85. The Bertz CT molecular complexity index is 1210. The molecule has 0 saturated carbocycles. The van der Waals surface area contributed by atoms with E-state index >= 15 is 0 Å². The maximum atomic E-state index is 12.4. The number of rotatable bonds is 4. The molecule has 1 aliphatic heterocycles. The summed E-state index contributed by atoms with van der Waals surface area (Å²) >= 11 is 1.36. The zero-order valence-electron chi connectivity index (χ0n) is 15.7. The first-order valence-electron chi connectivity index (χ1n) is 8.76. The van der Waals surface area contributed by atoms with E-state index in [0.29, 0.717) is 34.9 Å². The van der Waals surface area contributed by atoms with E-state index in [0.717, 1.165) is 11.8 Å². The molecule has 0 bridgehead atoms. The van der Waals surface area contributed by atoms with Crippen LogP contribution in [0.2, 0.25) is 0 Å². The minimum atomic E-state index is -3.52. The second-order valence-corrected chi connectivity index (χ2v) is 9.72. The summed E-state index contributed by atoms with van der Waals surface area (Å²) in [5, 5.41) is 13.1. The summed E-state index contributed by atoms with van der Waals surface area (Å²) < 4.78 is 23.4. The normalized spacial score (nSPS) is 19.7. The third-order valence-electron chi connectivity index (χ3n) is 4.83. The van der Waals surface area contributed by atoms with E-state index in [4.69, 9.17) is 0 Å². The van der Waals surface area contributed by atoms with Gasteiger partial charge in [-0.3, -0.25) is 4.79 Å². The van der Waals surface area contributed by atoms with Crippen molar-refractivity contribution in [1.29, 1.82) is 0 Å². The van der Waals surface area contributed by atoms with Crippen LogP contribution in [0, 0.1) is 0 Å². The van der Waals surface area contributed by atoms with Crippen LogP contribution in [0.4, 0.5) is 0 Å². The molecule has 0 aliphatic carbocycles. The number of carbonyl (C=O) groups excluding carboxylic acids is 1. The molecule has 1 aliphatic rings. The fourth-order valence-electron chi connectivity index (χ4n) is 3.22. The maximum absolute atomic E-state index is 12.4. The molecule has 0 radical (unpaired) electrons. The fourth-order valence-corrected chi connectivity index (χ4v) is 4.54. The first-order valence-corrected chi connectivity index (χ1v) is 11.5. The molecule has 10 heteroatoms. The van der Waals surface area contributed by atoms with Crippen molar-refractivity contribution in [2.45, 2.75) is 17.2 Å². The second kappa shape index (κ2) is 6.97. The van der Waals surface area contributed by atoms with Crippen LogP contribution in [0.5, 0.6) is 0 Å². The van der Waals surface area contributed by atoms with Crippen molar-refractivity contribution in [2.75, 3.05) is 19.8 Å². The van der Waals surface area contributed by atoms with Crippen molar-refractivity contribution in [3.63, 3.8) is 0 Å². The minimum absolute atomic E-state index is 0.252. The van der Waals surface area contributed by atoms with Crippen LogP contribution in [0.15, 0.2) is 47.1 Å². The topological polar surface area (TPSA) is 113 Å². The molecule has 1 fully saturated rings. The molecule has 1 atom stereocenters. The number of carbonyl (C=O) groups is 1. The lowest BCUT2D eigenvalue weighted by Crippen LogP contribution is -2.36. The number of thiazole rings is 1. The fraction of sp³-hybridized carbons (Fsp3) is 0.263. The van der Waals surface area contributed by atoms with E-state index in [9.17, 15) is 18.3 Å². The van der Waals surface area contributed by atoms with Crippen LogP contribution in [-0.2, 0) is 20.2 Å². The average Bonchev–Trinajstić information content (AvgIpc) is 3.30. The summed E-state index contributed by atoms with van der Waals surface area (Å²) in [6.07, 6.45) is 2.77. The molecule has 1 aromatic carbocycles. The molecule has 3 aromatic rings. The summed E-state index contributed by atoms with van der Waals surface area (Å²) in [6.45, 7) is 0.497. The number of aliphatic hydroxyl groups is 1. The van der Waals surface area contributed by atoms with Gasteiger partial charge in [-0.2, -0.15) is 0 Å². The van der Waals surface area contributed by atoms with E-state index in [2.05, 4.69) is 15.0 Å². The molecule has 4 rings (SSSR count). The van der Waals surface area contributed by atoms with E-state index in [1.807, 2.05) is 6.07 Å². The van der Waals surface area contributed by atoms with E-state index < -0.39 is 15.4 Å². The van der Waals surface area contributed by atoms with Crippen molar-refractivity contribution in [3.8, 4) is 22.0 Å².